The van der Waals surface area contributed by atoms with Crippen molar-refractivity contribution in [2.24, 2.45) is 0 Å². The topological polar surface area (TPSA) is 53.5 Å². The largest absolute Gasteiger partial charge is 0.342 e. The normalized spacial score (nSPS) is 17.3. The van der Waals surface area contributed by atoms with Crippen LogP contribution in [-0.2, 0) is 4.79 Å². The zero-order valence-electron chi connectivity index (χ0n) is 16.3. The molecule has 0 radical (unpaired) electrons. The Morgan fingerprint density at radius 1 is 1.26 bits per heavy atom. The number of hydrogen-bond acceptors (Lipinski definition) is 3. The number of pyridine rings is 1. The van der Waals surface area contributed by atoms with Crippen LogP contribution in [0.2, 0.25) is 0 Å². The van der Waals surface area contributed by atoms with Crippen LogP contribution in [0.5, 0.6) is 0 Å². The highest BCUT2D eigenvalue weighted by molar-refractivity contribution is 5.99. The molecule has 0 N–H and O–H groups in total. The molecule has 2 amide bonds. The lowest BCUT2D eigenvalue weighted by Crippen LogP contribution is -2.57. The first-order valence-electron chi connectivity index (χ1n) is 9.60. The molecule has 0 bridgehead atoms. The first kappa shape index (κ1) is 19.1. The maximum Gasteiger partial charge on any atom is 0.254 e. The van der Waals surface area contributed by atoms with Crippen molar-refractivity contribution in [1.82, 2.24) is 14.8 Å². The van der Waals surface area contributed by atoms with Crippen molar-refractivity contribution in [3.63, 3.8) is 0 Å². The summed E-state index contributed by atoms with van der Waals surface area (Å²) in [5, 5.41) is 0. The van der Waals surface area contributed by atoms with E-state index in [1.54, 1.807) is 16.0 Å². The summed E-state index contributed by atoms with van der Waals surface area (Å²) in [5.74, 6) is -0.0182. The molecule has 5 heteroatoms. The van der Waals surface area contributed by atoms with Gasteiger partial charge in [-0.25, -0.2) is 0 Å². The van der Waals surface area contributed by atoms with Crippen molar-refractivity contribution >= 4 is 11.8 Å². The van der Waals surface area contributed by atoms with Gasteiger partial charge in [0.2, 0.25) is 5.91 Å². The third kappa shape index (κ3) is 4.02. The van der Waals surface area contributed by atoms with Crippen LogP contribution in [0.15, 0.2) is 42.7 Å². The van der Waals surface area contributed by atoms with E-state index in [2.05, 4.69) is 11.9 Å². The SMILES string of the molecule is CCCC[C@@H]1C(=O)N(C)CCN1C(=O)c1cccc(-c2ccncc2C)c1. The number of rotatable bonds is 5. The molecule has 1 aromatic carbocycles. The molecule has 3 rings (SSSR count). The Balaban J connectivity index is 1.89. The fourth-order valence-electron chi connectivity index (χ4n) is 3.61. The van der Waals surface area contributed by atoms with Crippen LogP contribution in [0.1, 0.15) is 42.1 Å². The van der Waals surface area contributed by atoms with Gasteiger partial charge in [0.1, 0.15) is 6.04 Å². The summed E-state index contributed by atoms with van der Waals surface area (Å²) in [6.45, 7) is 5.27. The smallest absolute Gasteiger partial charge is 0.254 e. The predicted octanol–water partition coefficient (Wildman–Crippen LogP) is 3.53. The Bertz CT molecular complexity index is 834. The monoisotopic (exact) mass is 365 g/mol. The number of hydrogen-bond donors (Lipinski definition) is 0. The van der Waals surface area contributed by atoms with E-state index >= 15 is 0 Å². The van der Waals surface area contributed by atoms with Crippen molar-refractivity contribution in [2.45, 2.75) is 39.2 Å². The van der Waals surface area contributed by atoms with Gasteiger partial charge in [-0.05, 0) is 48.2 Å². The van der Waals surface area contributed by atoms with Crippen LogP contribution < -0.4 is 0 Å². The molecule has 1 atom stereocenters. The fourth-order valence-corrected chi connectivity index (χ4v) is 3.61. The number of likely N-dealkylation sites (N-methyl/N-ethyl adjacent to an activating group) is 1. The number of carbonyl (C=O) groups excluding carboxylic acids is 2. The Hall–Kier alpha value is -2.69. The Kier molecular flexibility index (Phi) is 5.89. The van der Waals surface area contributed by atoms with E-state index in [1.807, 2.05) is 50.5 Å². The summed E-state index contributed by atoms with van der Waals surface area (Å²) in [5.41, 5.74) is 3.75. The van der Waals surface area contributed by atoms with Gasteiger partial charge in [-0.3, -0.25) is 14.6 Å². The lowest BCUT2D eigenvalue weighted by molar-refractivity contribution is -0.138. The van der Waals surface area contributed by atoms with Gasteiger partial charge in [0.25, 0.3) is 5.91 Å². The van der Waals surface area contributed by atoms with Crippen molar-refractivity contribution in [3.05, 3.63) is 53.9 Å². The summed E-state index contributed by atoms with van der Waals surface area (Å²) >= 11 is 0. The Morgan fingerprint density at radius 2 is 2.07 bits per heavy atom. The Morgan fingerprint density at radius 3 is 2.81 bits per heavy atom. The summed E-state index contributed by atoms with van der Waals surface area (Å²) in [6, 6.07) is 9.27. The number of carbonyl (C=O) groups is 2. The van der Waals surface area contributed by atoms with Crippen molar-refractivity contribution in [3.8, 4) is 11.1 Å². The van der Waals surface area contributed by atoms with Gasteiger partial charge in [-0.2, -0.15) is 0 Å². The number of unbranched alkanes of at least 4 members (excludes halogenated alkanes) is 1. The highest BCUT2D eigenvalue weighted by Crippen LogP contribution is 2.25. The minimum Gasteiger partial charge on any atom is -0.342 e. The minimum atomic E-state index is -0.359. The van der Waals surface area contributed by atoms with Crippen molar-refractivity contribution in [1.29, 1.82) is 0 Å². The van der Waals surface area contributed by atoms with Gasteiger partial charge in [0, 0.05) is 38.1 Å². The van der Waals surface area contributed by atoms with Gasteiger partial charge >= 0.3 is 0 Å². The van der Waals surface area contributed by atoms with Gasteiger partial charge < -0.3 is 9.80 Å². The molecule has 142 valence electrons. The van der Waals surface area contributed by atoms with E-state index in [-0.39, 0.29) is 17.9 Å². The molecule has 0 saturated carbocycles. The van der Waals surface area contributed by atoms with Crippen LogP contribution in [0.4, 0.5) is 0 Å². The Labute approximate surface area is 161 Å². The maximum atomic E-state index is 13.2. The third-order valence-corrected chi connectivity index (χ3v) is 5.25. The lowest BCUT2D eigenvalue weighted by atomic mass is 9.99. The van der Waals surface area contributed by atoms with E-state index < -0.39 is 0 Å². The second-order valence-corrected chi connectivity index (χ2v) is 7.19. The molecule has 27 heavy (non-hydrogen) atoms. The van der Waals surface area contributed by atoms with Crippen LogP contribution in [-0.4, -0.2) is 52.8 Å². The average Bonchev–Trinajstić information content (AvgIpc) is 2.69. The van der Waals surface area contributed by atoms with Crippen LogP contribution in [0, 0.1) is 6.92 Å². The highest BCUT2D eigenvalue weighted by atomic mass is 16.2. The molecule has 1 saturated heterocycles. The number of amides is 2. The van der Waals surface area contributed by atoms with Crippen molar-refractivity contribution < 1.29 is 9.59 Å². The number of benzene rings is 1. The van der Waals surface area contributed by atoms with Crippen LogP contribution in [0.3, 0.4) is 0 Å². The zero-order valence-corrected chi connectivity index (χ0v) is 16.3. The number of nitrogens with zero attached hydrogens (tertiary/aromatic N) is 3. The predicted molar refractivity (Wildman–Crippen MR) is 106 cm³/mol. The number of aryl methyl sites for hydroxylation is 1. The van der Waals surface area contributed by atoms with Crippen molar-refractivity contribution in [2.75, 3.05) is 20.1 Å². The first-order chi connectivity index (χ1) is 13.0. The maximum absolute atomic E-state index is 13.2. The van der Waals surface area contributed by atoms with Crippen LogP contribution >= 0.6 is 0 Å². The molecular formula is C22H27N3O2. The molecule has 1 fully saturated rings. The zero-order chi connectivity index (χ0) is 19.4. The minimum absolute atomic E-state index is 0.0455. The molecule has 1 aromatic heterocycles. The van der Waals surface area contributed by atoms with E-state index in [0.717, 1.165) is 29.5 Å². The standard InChI is InChI=1S/C22H27N3O2/c1-4-5-9-20-22(27)24(3)12-13-25(20)21(26)18-8-6-7-17(14-18)19-10-11-23-15-16(19)2/h6-8,10-11,14-15,20H,4-5,9,12-13H2,1-3H3/t20-/m1/s1. The number of aromatic nitrogens is 1. The summed E-state index contributed by atoms with van der Waals surface area (Å²) in [6.07, 6.45) is 6.24. The van der Waals surface area contributed by atoms with Crippen LogP contribution in [0.25, 0.3) is 11.1 Å². The molecule has 0 aliphatic carbocycles. The molecular weight excluding hydrogens is 338 g/mol. The van der Waals surface area contributed by atoms with E-state index in [0.29, 0.717) is 25.1 Å². The van der Waals surface area contributed by atoms with Gasteiger partial charge in [0.05, 0.1) is 0 Å². The van der Waals surface area contributed by atoms with E-state index in [4.69, 9.17) is 0 Å². The van der Waals surface area contributed by atoms with Gasteiger partial charge in [-0.1, -0.05) is 31.9 Å². The van der Waals surface area contributed by atoms with E-state index in [1.165, 1.54) is 0 Å². The fraction of sp³-hybridized carbons (Fsp3) is 0.409. The second kappa shape index (κ2) is 8.33. The molecule has 1 aliphatic heterocycles. The quantitative estimate of drug-likeness (QED) is 0.814. The number of piperazine rings is 1. The second-order valence-electron chi connectivity index (χ2n) is 7.19. The summed E-state index contributed by atoms with van der Waals surface area (Å²) < 4.78 is 0. The average molecular weight is 365 g/mol. The molecule has 5 nitrogen and oxygen atoms in total. The molecule has 1 aliphatic rings. The van der Waals surface area contributed by atoms with Gasteiger partial charge in [0.15, 0.2) is 0 Å². The lowest BCUT2D eigenvalue weighted by Gasteiger charge is -2.39. The first-order valence-corrected chi connectivity index (χ1v) is 9.60. The van der Waals surface area contributed by atoms with E-state index in [9.17, 15) is 9.59 Å². The molecule has 0 unspecified atom stereocenters. The summed E-state index contributed by atoms with van der Waals surface area (Å²) in [7, 11) is 1.82. The molecule has 2 aromatic rings. The summed E-state index contributed by atoms with van der Waals surface area (Å²) in [4.78, 5) is 33.5. The third-order valence-electron chi connectivity index (χ3n) is 5.25. The van der Waals surface area contributed by atoms with Gasteiger partial charge in [-0.15, -0.1) is 0 Å². The molecule has 2 heterocycles. The molecule has 0 spiro atoms. The highest BCUT2D eigenvalue weighted by Gasteiger charge is 2.35.